The molecule has 2 aromatic carbocycles. The number of aromatic nitrogens is 1. The number of hydrogen-bond donors (Lipinski definition) is 0. The molecule has 1 aliphatic heterocycles. The first-order valence-electron chi connectivity index (χ1n) is 14.5. The van der Waals surface area contributed by atoms with Crippen molar-refractivity contribution in [2.24, 2.45) is 20.5 Å². The van der Waals surface area contributed by atoms with E-state index < -0.39 is 63.5 Å². The van der Waals surface area contributed by atoms with Gasteiger partial charge in [0.25, 0.3) is 0 Å². The molecular formula is C32H34F3N5O5S2. The number of benzene rings is 2. The lowest BCUT2D eigenvalue weighted by Crippen LogP contribution is -2.50. The van der Waals surface area contributed by atoms with Crippen molar-refractivity contribution in [1.29, 1.82) is 0 Å². The summed E-state index contributed by atoms with van der Waals surface area (Å²) in [6.45, 7) is 5.17. The third-order valence-electron chi connectivity index (χ3n) is 7.60. The first-order valence-corrected chi connectivity index (χ1v) is 16.6. The van der Waals surface area contributed by atoms with E-state index in [1.165, 1.54) is 24.1 Å². The van der Waals surface area contributed by atoms with E-state index >= 15 is 0 Å². The van der Waals surface area contributed by atoms with Crippen LogP contribution in [-0.4, -0.2) is 55.9 Å². The molecular weight excluding hydrogens is 656 g/mol. The summed E-state index contributed by atoms with van der Waals surface area (Å²) in [5.41, 5.74) is 1.08. The number of ether oxygens (including phenoxy) is 1. The smallest absolute Gasteiger partial charge is 0.393 e. The Balaban J connectivity index is 1.77. The van der Waals surface area contributed by atoms with Crippen LogP contribution in [0.3, 0.4) is 0 Å². The second-order valence-corrected chi connectivity index (χ2v) is 14.7. The van der Waals surface area contributed by atoms with Crippen molar-refractivity contribution in [3.63, 3.8) is 0 Å². The molecule has 0 aliphatic carbocycles. The van der Waals surface area contributed by atoms with Crippen molar-refractivity contribution in [2.45, 2.75) is 61.8 Å². The normalized spacial score (nSPS) is 15.1. The largest absolute Gasteiger partial charge is 0.613 e. The standard InChI is InChI=1S/C32H34F3N5O5S2/c1-21-23(17-31(33,34)35)14-15-36-27(21)19-47(44)32(37-25-12-8-9-13-26(25)38-32)24(29(42)45-4)16-28(41)40(20-30(2,3)46-39-43)18-22-10-6-5-7-11-22/h5-15,24H,16-20H2,1-4H3. The molecule has 0 spiro atoms. The van der Waals surface area contributed by atoms with Gasteiger partial charge in [-0.3, -0.25) is 14.6 Å². The van der Waals surface area contributed by atoms with Gasteiger partial charge in [0.15, 0.2) is 11.7 Å². The fraction of sp³-hybridized carbons (Fsp3) is 0.406. The van der Waals surface area contributed by atoms with Gasteiger partial charge in [0, 0.05) is 53.4 Å². The van der Waals surface area contributed by atoms with Crippen molar-refractivity contribution in [2.75, 3.05) is 13.7 Å². The number of esters is 1. The molecule has 1 amide bonds. The lowest BCUT2D eigenvalue weighted by molar-refractivity contribution is -0.150. The molecule has 0 N–H and O–H groups in total. The first kappa shape index (κ1) is 36.0. The zero-order chi connectivity index (χ0) is 34.4. The van der Waals surface area contributed by atoms with Gasteiger partial charge in [-0.05, 0) is 55.7 Å². The van der Waals surface area contributed by atoms with E-state index in [0.29, 0.717) is 10.7 Å². The number of carbonyl (C=O) groups excluding carboxylic acids is 2. The first-order chi connectivity index (χ1) is 22.2. The number of halogens is 3. The van der Waals surface area contributed by atoms with Gasteiger partial charge >= 0.3 is 17.1 Å². The maximum Gasteiger partial charge on any atom is 0.393 e. The summed E-state index contributed by atoms with van der Waals surface area (Å²) in [5, 5.41) is 0.655. The number of nitroso groups, excluding NO2 is 1. The summed E-state index contributed by atoms with van der Waals surface area (Å²) in [5.74, 6) is -3.32. The average Bonchev–Trinajstić information content (AvgIpc) is 3.41. The van der Waals surface area contributed by atoms with Gasteiger partial charge in [-0.25, -0.2) is 9.98 Å². The molecule has 1 aliphatic rings. The third kappa shape index (κ3) is 8.96. The van der Waals surface area contributed by atoms with Crippen LogP contribution in [0.5, 0.6) is 0 Å². The van der Waals surface area contributed by atoms with Gasteiger partial charge in [-0.15, -0.1) is 4.91 Å². The Hall–Kier alpha value is -3.82. The Morgan fingerprint density at radius 1 is 1.06 bits per heavy atom. The van der Waals surface area contributed by atoms with Gasteiger partial charge in [0.05, 0.1) is 34.7 Å². The molecule has 2 heterocycles. The average molecular weight is 690 g/mol. The van der Waals surface area contributed by atoms with E-state index in [1.54, 1.807) is 38.1 Å². The number of alkyl halides is 3. The minimum Gasteiger partial charge on any atom is -0.613 e. The minimum absolute atomic E-state index is 0.0290. The Morgan fingerprint density at radius 2 is 1.68 bits per heavy atom. The molecule has 0 bridgehead atoms. The molecule has 2 unspecified atom stereocenters. The van der Waals surface area contributed by atoms with Crippen molar-refractivity contribution in [1.82, 2.24) is 9.88 Å². The Labute approximate surface area is 277 Å². The van der Waals surface area contributed by atoms with E-state index in [9.17, 15) is 32.2 Å². The number of rotatable bonds is 14. The van der Waals surface area contributed by atoms with E-state index in [0.717, 1.165) is 24.6 Å². The summed E-state index contributed by atoms with van der Waals surface area (Å²) in [4.78, 5) is 51.7. The number of hydrogen-bond acceptors (Lipinski definition) is 10. The van der Waals surface area contributed by atoms with E-state index in [-0.39, 0.29) is 29.9 Å². The number of amides is 1. The highest BCUT2D eigenvalue weighted by Gasteiger charge is 2.56. The number of carbonyl (C=O) groups is 2. The summed E-state index contributed by atoms with van der Waals surface area (Å²) in [7, 11) is 1.13. The highest BCUT2D eigenvalue weighted by Crippen LogP contribution is 2.38. The summed E-state index contributed by atoms with van der Waals surface area (Å²) >= 11 is -1.46. The van der Waals surface area contributed by atoms with Crippen molar-refractivity contribution in [3.8, 4) is 0 Å². The van der Waals surface area contributed by atoms with E-state index in [2.05, 4.69) is 19.6 Å². The quantitative estimate of drug-likeness (QED) is 0.103. The van der Waals surface area contributed by atoms with E-state index in [1.807, 2.05) is 30.3 Å². The van der Waals surface area contributed by atoms with Gasteiger partial charge in [-0.1, -0.05) is 42.5 Å². The lowest BCUT2D eigenvalue weighted by Gasteiger charge is -2.34. The maximum absolute atomic E-state index is 14.5. The van der Waals surface area contributed by atoms with Crippen LogP contribution in [0.25, 0.3) is 0 Å². The Kier molecular flexibility index (Phi) is 11.5. The van der Waals surface area contributed by atoms with Crippen LogP contribution in [-0.2, 0) is 44.2 Å². The molecule has 1 aromatic heterocycles. The highest BCUT2D eigenvalue weighted by molar-refractivity contribution is 7.99. The van der Waals surface area contributed by atoms with Gasteiger partial charge < -0.3 is 14.2 Å². The highest BCUT2D eigenvalue weighted by atomic mass is 32.2. The van der Waals surface area contributed by atoms with Gasteiger partial charge in [0.1, 0.15) is 0 Å². The maximum atomic E-state index is 14.5. The molecule has 0 saturated carbocycles. The summed E-state index contributed by atoms with van der Waals surface area (Å²) < 4.78 is 61.5. The fourth-order valence-corrected chi connectivity index (χ4v) is 7.35. The van der Waals surface area contributed by atoms with E-state index in [4.69, 9.17) is 4.74 Å². The zero-order valence-corrected chi connectivity index (χ0v) is 27.8. The number of nitrogens with zero attached hydrogens (tertiary/aromatic N) is 5. The second kappa shape index (κ2) is 14.9. The topological polar surface area (TPSA) is 137 Å². The third-order valence-corrected chi connectivity index (χ3v) is 9.97. The Morgan fingerprint density at radius 3 is 2.26 bits per heavy atom. The molecule has 10 nitrogen and oxygen atoms in total. The summed E-state index contributed by atoms with van der Waals surface area (Å²) in [6.07, 6.45) is -4.99. The van der Waals surface area contributed by atoms with Crippen LogP contribution < -0.4 is 10.7 Å². The van der Waals surface area contributed by atoms with Crippen molar-refractivity contribution >= 4 is 35.0 Å². The number of para-hydroxylation sites is 2. The molecule has 3 aromatic rings. The molecule has 2 atom stereocenters. The summed E-state index contributed by atoms with van der Waals surface area (Å²) in [6, 6.07) is 17.0. The number of pyridine rings is 1. The zero-order valence-electron chi connectivity index (χ0n) is 26.2. The monoisotopic (exact) mass is 689 g/mol. The second-order valence-electron chi connectivity index (χ2n) is 11.6. The number of methoxy groups -OCH3 is 1. The molecule has 47 heavy (non-hydrogen) atoms. The molecule has 15 heteroatoms. The predicted octanol–water partition coefficient (Wildman–Crippen LogP) is 4.75. The van der Waals surface area contributed by atoms with Crippen molar-refractivity contribution in [3.05, 3.63) is 105 Å². The van der Waals surface area contributed by atoms with Gasteiger partial charge in [-0.2, -0.15) is 13.2 Å². The van der Waals surface area contributed by atoms with Crippen LogP contribution in [0.15, 0.2) is 81.4 Å². The van der Waals surface area contributed by atoms with Gasteiger partial charge in [0.2, 0.25) is 5.91 Å². The minimum atomic E-state index is -4.47. The van der Waals surface area contributed by atoms with Crippen LogP contribution in [0.4, 0.5) is 13.2 Å². The number of fused-ring (bicyclic) bond motifs is 1. The predicted molar refractivity (Wildman–Crippen MR) is 172 cm³/mol. The molecule has 0 radical (unpaired) electrons. The van der Waals surface area contributed by atoms with Crippen LogP contribution in [0.2, 0.25) is 0 Å². The van der Waals surface area contributed by atoms with Crippen LogP contribution >= 0.6 is 11.9 Å². The fourth-order valence-electron chi connectivity index (χ4n) is 5.29. The molecule has 0 saturated heterocycles. The van der Waals surface area contributed by atoms with Crippen LogP contribution in [0.1, 0.15) is 42.7 Å². The SMILES string of the molecule is COC(=O)C(CC(=O)N(Cc1ccccc1)CC(C)(C)SN=O)C1([S+]([O-])Cc2nccc(CC(F)(F)F)c2C)N=c2ccccc2=N1. The Bertz CT molecular complexity index is 1690. The lowest BCUT2D eigenvalue weighted by atomic mass is 10.00. The van der Waals surface area contributed by atoms with Crippen molar-refractivity contribution < 1.29 is 32.0 Å². The molecule has 250 valence electrons. The molecule has 4 rings (SSSR count). The van der Waals surface area contributed by atoms with Crippen LogP contribution in [0, 0.1) is 17.7 Å². The molecule has 0 fully saturated rings.